The molecule has 1 unspecified atom stereocenters. The van der Waals surface area contributed by atoms with Crippen molar-refractivity contribution in [2.45, 2.75) is 53.0 Å². The molecule has 3 nitrogen and oxygen atoms in total. The number of carbonyl (C=O) groups excluding carboxylic acids is 1. The van der Waals surface area contributed by atoms with E-state index in [4.69, 9.17) is 4.74 Å². The van der Waals surface area contributed by atoms with Crippen molar-refractivity contribution in [3.8, 4) is 0 Å². The number of ether oxygens (including phenoxy) is 1. The van der Waals surface area contributed by atoms with E-state index in [9.17, 15) is 4.79 Å². The molecule has 1 rings (SSSR count). The van der Waals surface area contributed by atoms with Crippen molar-refractivity contribution in [2.75, 3.05) is 7.11 Å². The number of nitrogens with zero attached hydrogens (tertiary/aromatic N) is 1. The van der Waals surface area contributed by atoms with Crippen molar-refractivity contribution in [3.05, 3.63) is 23.0 Å². The average Bonchev–Trinajstić information content (AvgIpc) is 2.66. The van der Waals surface area contributed by atoms with Crippen LogP contribution in [0.15, 0.2) is 6.07 Å². The molecule has 0 bridgehead atoms. The van der Waals surface area contributed by atoms with E-state index in [0.29, 0.717) is 11.5 Å². The summed E-state index contributed by atoms with van der Waals surface area (Å²) >= 11 is 0. The fraction of sp³-hybridized carbons (Fsp3) is 0.643. The molecule has 0 aliphatic rings. The molecule has 3 heteroatoms. The first-order valence-electron chi connectivity index (χ1n) is 6.35. The molecular weight excluding hydrogens is 214 g/mol. The molecule has 0 amide bonds. The lowest BCUT2D eigenvalue weighted by Gasteiger charge is -2.14. The van der Waals surface area contributed by atoms with Crippen LogP contribution in [0.5, 0.6) is 0 Å². The van der Waals surface area contributed by atoms with Gasteiger partial charge in [0.1, 0.15) is 0 Å². The van der Waals surface area contributed by atoms with Gasteiger partial charge in [-0.05, 0) is 31.7 Å². The van der Waals surface area contributed by atoms with Crippen LogP contribution in [0.3, 0.4) is 0 Å². The minimum absolute atomic E-state index is 0.234. The molecule has 1 aromatic rings. The minimum Gasteiger partial charge on any atom is -0.465 e. The van der Waals surface area contributed by atoms with Crippen molar-refractivity contribution in [1.29, 1.82) is 0 Å². The number of hydrogen-bond donors (Lipinski definition) is 0. The largest absolute Gasteiger partial charge is 0.465 e. The predicted molar refractivity (Wildman–Crippen MR) is 69.5 cm³/mol. The summed E-state index contributed by atoms with van der Waals surface area (Å²) in [7, 11) is 1.43. The molecule has 17 heavy (non-hydrogen) atoms. The molecule has 0 spiro atoms. The molecule has 96 valence electrons. The van der Waals surface area contributed by atoms with Crippen LogP contribution in [-0.2, 0) is 11.3 Å². The molecule has 0 aliphatic carbocycles. The Labute approximate surface area is 104 Å². The third-order valence-electron chi connectivity index (χ3n) is 3.37. The van der Waals surface area contributed by atoms with Crippen LogP contribution >= 0.6 is 0 Å². The maximum atomic E-state index is 11.7. The first kappa shape index (κ1) is 13.8. The first-order valence-corrected chi connectivity index (χ1v) is 6.35. The second kappa shape index (κ2) is 5.89. The summed E-state index contributed by atoms with van der Waals surface area (Å²) in [6.45, 7) is 9.47. The van der Waals surface area contributed by atoms with E-state index in [1.165, 1.54) is 12.8 Å². The third kappa shape index (κ3) is 2.71. The van der Waals surface area contributed by atoms with Crippen LogP contribution in [0.25, 0.3) is 0 Å². The van der Waals surface area contributed by atoms with Gasteiger partial charge in [0.25, 0.3) is 0 Å². The second-order valence-electron chi connectivity index (χ2n) is 4.52. The van der Waals surface area contributed by atoms with Crippen LogP contribution in [0.4, 0.5) is 0 Å². The van der Waals surface area contributed by atoms with Gasteiger partial charge in [-0.1, -0.05) is 20.8 Å². The van der Waals surface area contributed by atoms with Gasteiger partial charge in [-0.2, -0.15) is 0 Å². The van der Waals surface area contributed by atoms with Crippen LogP contribution in [0, 0.1) is 6.92 Å². The maximum absolute atomic E-state index is 11.7. The van der Waals surface area contributed by atoms with E-state index in [2.05, 4.69) is 25.3 Å². The number of hydrogen-bond acceptors (Lipinski definition) is 2. The van der Waals surface area contributed by atoms with Gasteiger partial charge in [-0.3, -0.25) is 0 Å². The van der Waals surface area contributed by atoms with Gasteiger partial charge in [0, 0.05) is 17.9 Å². The van der Waals surface area contributed by atoms with Crippen molar-refractivity contribution < 1.29 is 9.53 Å². The number of rotatable bonds is 5. The Morgan fingerprint density at radius 3 is 2.59 bits per heavy atom. The van der Waals surface area contributed by atoms with E-state index < -0.39 is 0 Å². The number of esters is 1. The summed E-state index contributed by atoms with van der Waals surface area (Å²) in [5, 5.41) is 0. The molecule has 0 fully saturated rings. The number of aromatic nitrogens is 1. The Bertz CT molecular complexity index is 393. The van der Waals surface area contributed by atoms with E-state index in [1.54, 1.807) is 0 Å². The topological polar surface area (TPSA) is 31.2 Å². The lowest BCUT2D eigenvalue weighted by Crippen LogP contribution is -2.08. The standard InChI is InChI=1S/C14H23NO2/c1-6-8-15-11(4)12(14(16)17-5)9-13(15)10(3)7-2/h9-10H,6-8H2,1-5H3. The van der Waals surface area contributed by atoms with Crippen molar-refractivity contribution in [1.82, 2.24) is 4.57 Å². The molecule has 0 saturated heterocycles. The molecule has 1 heterocycles. The lowest BCUT2D eigenvalue weighted by molar-refractivity contribution is 0.0600. The van der Waals surface area contributed by atoms with Gasteiger partial charge in [0.05, 0.1) is 12.7 Å². The van der Waals surface area contributed by atoms with Gasteiger partial charge >= 0.3 is 5.97 Å². The highest BCUT2D eigenvalue weighted by molar-refractivity contribution is 5.91. The first-order chi connectivity index (χ1) is 8.06. The van der Waals surface area contributed by atoms with Crippen LogP contribution in [0.1, 0.15) is 61.3 Å². The van der Waals surface area contributed by atoms with E-state index in [-0.39, 0.29) is 5.97 Å². The summed E-state index contributed by atoms with van der Waals surface area (Å²) in [6, 6.07) is 1.99. The molecular formula is C14H23NO2. The fourth-order valence-electron chi connectivity index (χ4n) is 2.12. The Hall–Kier alpha value is -1.25. The zero-order valence-electron chi connectivity index (χ0n) is 11.5. The molecule has 1 atom stereocenters. The highest BCUT2D eigenvalue weighted by Crippen LogP contribution is 2.25. The molecule has 0 aliphatic heterocycles. The summed E-state index contributed by atoms with van der Waals surface area (Å²) in [4.78, 5) is 11.7. The van der Waals surface area contributed by atoms with Crippen LogP contribution in [-0.4, -0.2) is 17.6 Å². The van der Waals surface area contributed by atoms with Crippen molar-refractivity contribution >= 4 is 5.97 Å². The highest BCUT2D eigenvalue weighted by Gasteiger charge is 2.19. The molecule has 0 N–H and O–H groups in total. The summed E-state index contributed by atoms with van der Waals surface area (Å²) in [5.74, 6) is 0.237. The SMILES string of the molecule is CCCn1c(C(C)CC)cc(C(=O)OC)c1C. The maximum Gasteiger partial charge on any atom is 0.339 e. The van der Waals surface area contributed by atoms with Gasteiger partial charge < -0.3 is 9.30 Å². The van der Waals surface area contributed by atoms with E-state index >= 15 is 0 Å². The summed E-state index contributed by atoms with van der Waals surface area (Å²) in [5.41, 5.74) is 2.97. The lowest BCUT2D eigenvalue weighted by atomic mass is 10.0. The van der Waals surface area contributed by atoms with Crippen LogP contribution < -0.4 is 0 Å². The molecule has 0 saturated carbocycles. The quantitative estimate of drug-likeness (QED) is 0.734. The zero-order valence-corrected chi connectivity index (χ0v) is 11.5. The second-order valence-corrected chi connectivity index (χ2v) is 4.52. The smallest absolute Gasteiger partial charge is 0.339 e. The van der Waals surface area contributed by atoms with Gasteiger partial charge in [-0.15, -0.1) is 0 Å². The Morgan fingerprint density at radius 1 is 1.47 bits per heavy atom. The van der Waals surface area contributed by atoms with Gasteiger partial charge in [-0.25, -0.2) is 4.79 Å². The zero-order chi connectivity index (χ0) is 13.0. The van der Waals surface area contributed by atoms with Crippen LogP contribution in [0.2, 0.25) is 0 Å². The van der Waals surface area contributed by atoms with Gasteiger partial charge in [0.2, 0.25) is 0 Å². The van der Waals surface area contributed by atoms with Gasteiger partial charge in [0.15, 0.2) is 0 Å². The summed E-state index contributed by atoms with van der Waals surface area (Å²) < 4.78 is 7.08. The molecule has 0 aromatic carbocycles. The average molecular weight is 237 g/mol. The summed E-state index contributed by atoms with van der Waals surface area (Å²) in [6.07, 6.45) is 2.15. The fourth-order valence-corrected chi connectivity index (χ4v) is 2.12. The Kier molecular flexibility index (Phi) is 4.79. The van der Waals surface area contributed by atoms with Crippen molar-refractivity contribution in [3.63, 3.8) is 0 Å². The van der Waals surface area contributed by atoms with E-state index in [0.717, 1.165) is 25.1 Å². The molecule has 1 aromatic heterocycles. The highest BCUT2D eigenvalue weighted by atomic mass is 16.5. The normalized spacial score (nSPS) is 12.5. The van der Waals surface area contributed by atoms with Crippen molar-refractivity contribution in [2.24, 2.45) is 0 Å². The third-order valence-corrected chi connectivity index (χ3v) is 3.37. The molecule has 0 radical (unpaired) electrons. The Morgan fingerprint density at radius 2 is 2.12 bits per heavy atom. The number of carbonyl (C=O) groups is 1. The predicted octanol–water partition coefficient (Wildman–Crippen LogP) is 3.51. The monoisotopic (exact) mass is 237 g/mol. The minimum atomic E-state index is -0.234. The van der Waals surface area contributed by atoms with E-state index in [1.807, 2.05) is 13.0 Å². The number of methoxy groups -OCH3 is 1. The Balaban J connectivity index is 3.24.